The van der Waals surface area contributed by atoms with E-state index in [1.807, 2.05) is 12.1 Å². The fourth-order valence-electron chi connectivity index (χ4n) is 2.13. The van der Waals surface area contributed by atoms with E-state index in [-0.39, 0.29) is 5.75 Å². The minimum atomic E-state index is 0.155. The van der Waals surface area contributed by atoms with Gasteiger partial charge in [-0.25, -0.2) is 0 Å². The molecule has 0 saturated carbocycles. The second-order valence-corrected chi connectivity index (χ2v) is 4.53. The van der Waals surface area contributed by atoms with Crippen molar-refractivity contribution < 1.29 is 9.84 Å². The van der Waals surface area contributed by atoms with Gasteiger partial charge in [0.15, 0.2) is 0 Å². The van der Waals surface area contributed by atoms with Crippen LogP contribution in [0.5, 0.6) is 5.75 Å². The fourth-order valence-corrected chi connectivity index (χ4v) is 2.13. The van der Waals surface area contributed by atoms with Crippen molar-refractivity contribution in [1.82, 2.24) is 4.90 Å². The first-order valence-electron chi connectivity index (χ1n) is 6.10. The summed E-state index contributed by atoms with van der Waals surface area (Å²) in [5, 5.41) is 9.37. The molecule has 0 spiro atoms. The molecular weight excluding hydrogens is 216 g/mol. The van der Waals surface area contributed by atoms with Gasteiger partial charge in [0.2, 0.25) is 0 Å². The standard InChI is InChI=1S/C13H20N2O2/c1-2-11-9-15(5-6-17-11)8-10-3-4-13(16)12(14)7-10/h3-4,7,11,16H,2,5-6,8-9,14H2,1H3. The van der Waals surface area contributed by atoms with Crippen molar-refractivity contribution in [3.05, 3.63) is 23.8 Å². The number of nitrogen functional groups attached to an aromatic ring is 1. The maximum atomic E-state index is 9.37. The van der Waals surface area contributed by atoms with Crippen molar-refractivity contribution in [3.8, 4) is 5.75 Å². The molecule has 1 unspecified atom stereocenters. The molecule has 0 amide bonds. The lowest BCUT2D eigenvalue weighted by molar-refractivity contribution is -0.0324. The van der Waals surface area contributed by atoms with Crippen molar-refractivity contribution >= 4 is 5.69 Å². The van der Waals surface area contributed by atoms with Crippen LogP contribution in [0, 0.1) is 0 Å². The number of hydrogen-bond donors (Lipinski definition) is 2. The predicted octanol–water partition coefficient (Wildman–Crippen LogP) is 1.59. The van der Waals surface area contributed by atoms with Gasteiger partial charge in [0.1, 0.15) is 5.75 Å². The molecule has 4 heteroatoms. The van der Waals surface area contributed by atoms with Gasteiger partial charge in [-0.1, -0.05) is 13.0 Å². The number of benzene rings is 1. The quantitative estimate of drug-likeness (QED) is 0.618. The van der Waals surface area contributed by atoms with Crippen LogP contribution in [0.25, 0.3) is 0 Å². The number of phenolic OH excluding ortho intramolecular Hbond substituents is 1. The Morgan fingerprint density at radius 3 is 3.06 bits per heavy atom. The minimum Gasteiger partial charge on any atom is -0.506 e. The SMILES string of the molecule is CCC1CN(Cc2ccc(O)c(N)c2)CCO1. The Balaban J connectivity index is 1.97. The lowest BCUT2D eigenvalue weighted by Gasteiger charge is -2.32. The van der Waals surface area contributed by atoms with E-state index < -0.39 is 0 Å². The number of hydrogen-bond acceptors (Lipinski definition) is 4. The molecular formula is C13H20N2O2. The number of nitrogens with zero attached hydrogens (tertiary/aromatic N) is 1. The Morgan fingerprint density at radius 1 is 1.53 bits per heavy atom. The molecule has 0 aliphatic carbocycles. The summed E-state index contributed by atoms with van der Waals surface area (Å²) < 4.78 is 5.63. The molecule has 1 aromatic carbocycles. The van der Waals surface area contributed by atoms with Gasteiger partial charge < -0.3 is 15.6 Å². The van der Waals surface area contributed by atoms with E-state index in [2.05, 4.69) is 11.8 Å². The van der Waals surface area contributed by atoms with Gasteiger partial charge in [-0.05, 0) is 24.1 Å². The highest BCUT2D eigenvalue weighted by molar-refractivity contribution is 5.53. The fraction of sp³-hybridized carbons (Fsp3) is 0.538. The van der Waals surface area contributed by atoms with E-state index in [1.165, 1.54) is 0 Å². The van der Waals surface area contributed by atoms with Crippen LogP contribution in [0.2, 0.25) is 0 Å². The maximum Gasteiger partial charge on any atom is 0.138 e. The molecule has 17 heavy (non-hydrogen) atoms. The molecule has 4 nitrogen and oxygen atoms in total. The highest BCUT2D eigenvalue weighted by Gasteiger charge is 2.18. The monoisotopic (exact) mass is 236 g/mol. The molecule has 3 N–H and O–H groups in total. The minimum absolute atomic E-state index is 0.155. The van der Waals surface area contributed by atoms with Crippen LogP contribution >= 0.6 is 0 Å². The lowest BCUT2D eigenvalue weighted by Crippen LogP contribution is -2.41. The molecule has 94 valence electrons. The van der Waals surface area contributed by atoms with E-state index in [4.69, 9.17) is 10.5 Å². The smallest absolute Gasteiger partial charge is 0.138 e. The molecule has 2 rings (SSSR count). The topological polar surface area (TPSA) is 58.7 Å². The first-order chi connectivity index (χ1) is 8.19. The van der Waals surface area contributed by atoms with E-state index in [9.17, 15) is 5.11 Å². The number of rotatable bonds is 3. The number of phenols is 1. The maximum absolute atomic E-state index is 9.37. The van der Waals surface area contributed by atoms with Crippen molar-refractivity contribution in [2.24, 2.45) is 0 Å². The molecule has 1 fully saturated rings. The number of nitrogens with two attached hydrogens (primary N) is 1. The largest absolute Gasteiger partial charge is 0.506 e. The lowest BCUT2D eigenvalue weighted by atomic mass is 10.1. The van der Waals surface area contributed by atoms with Crippen molar-refractivity contribution in [2.75, 3.05) is 25.4 Å². The predicted molar refractivity (Wildman–Crippen MR) is 67.8 cm³/mol. The van der Waals surface area contributed by atoms with Gasteiger partial charge >= 0.3 is 0 Å². The normalized spacial score (nSPS) is 21.6. The molecule has 1 aliphatic rings. The Kier molecular flexibility index (Phi) is 3.86. The number of anilines is 1. The first-order valence-corrected chi connectivity index (χ1v) is 6.10. The Bertz CT molecular complexity index is 382. The van der Waals surface area contributed by atoms with Gasteiger partial charge in [-0.3, -0.25) is 4.90 Å². The van der Waals surface area contributed by atoms with Gasteiger partial charge in [0.05, 0.1) is 18.4 Å². The molecule has 0 bridgehead atoms. The average Bonchev–Trinajstić information content (AvgIpc) is 2.34. The van der Waals surface area contributed by atoms with Crippen LogP contribution in [-0.2, 0) is 11.3 Å². The van der Waals surface area contributed by atoms with Crippen LogP contribution in [0.4, 0.5) is 5.69 Å². The third-order valence-electron chi connectivity index (χ3n) is 3.18. The number of morpholine rings is 1. The van der Waals surface area contributed by atoms with E-state index in [0.717, 1.165) is 38.2 Å². The van der Waals surface area contributed by atoms with E-state index in [1.54, 1.807) is 6.07 Å². The third kappa shape index (κ3) is 3.11. The molecule has 0 aromatic heterocycles. The van der Waals surface area contributed by atoms with Crippen molar-refractivity contribution in [3.63, 3.8) is 0 Å². The highest BCUT2D eigenvalue weighted by atomic mass is 16.5. The van der Waals surface area contributed by atoms with Crippen molar-refractivity contribution in [1.29, 1.82) is 0 Å². The summed E-state index contributed by atoms with van der Waals surface area (Å²) in [7, 11) is 0. The summed E-state index contributed by atoms with van der Waals surface area (Å²) in [6, 6.07) is 5.41. The zero-order chi connectivity index (χ0) is 12.3. The highest BCUT2D eigenvalue weighted by Crippen LogP contribution is 2.22. The Morgan fingerprint density at radius 2 is 2.35 bits per heavy atom. The van der Waals surface area contributed by atoms with Crippen LogP contribution in [-0.4, -0.2) is 35.8 Å². The summed E-state index contributed by atoms with van der Waals surface area (Å²) in [4.78, 5) is 2.36. The molecule has 1 heterocycles. The second kappa shape index (κ2) is 5.38. The molecule has 1 saturated heterocycles. The summed E-state index contributed by atoms with van der Waals surface area (Å²) in [6.45, 7) is 5.73. The summed E-state index contributed by atoms with van der Waals surface area (Å²) in [5.41, 5.74) is 7.27. The summed E-state index contributed by atoms with van der Waals surface area (Å²) >= 11 is 0. The van der Waals surface area contributed by atoms with E-state index in [0.29, 0.717) is 11.8 Å². The van der Waals surface area contributed by atoms with Crippen LogP contribution < -0.4 is 5.73 Å². The molecule has 1 atom stereocenters. The molecule has 0 radical (unpaired) electrons. The van der Waals surface area contributed by atoms with Crippen LogP contribution in [0.3, 0.4) is 0 Å². The number of aromatic hydroxyl groups is 1. The van der Waals surface area contributed by atoms with E-state index >= 15 is 0 Å². The second-order valence-electron chi connectivity index (χ2n) is 4.53. The third-order valence-corrected chi connectivity index (χ3v) is 3.18. The molecule has 1 aliphatic heterocycles. The Labute approximate surface area is 102 Å². The van der Waals surface area contributed by atoms with Gasteiger partial charge in [0, 0.05) is 19.6 Å². The van der Waals surface area contributed by atoms with Gasteiger partial charge in [-0.2, -0.15) is 0 Å². The Hall–Kier alpha value is -1.26. The average molecular weight is 236 g/mol. The zero-order valence-electron chi connectivity index (χ0n) is 10.2. The zero-order valence-corrected chi connectivity index (χ0v) is 10.2. The van der Waals surface area contributed by atoms with Crippen LogP contribution in [0.1, 0.15) is 18.9 Å². The van der Waals surface area contributed by atoms with Crippen molar-refractivity contribution in [2.45, 2.75) is 26.0 Å². The summed E-state index contributed by atoms with van der Waals surface area (Å²) in [6.07, 6.45) is 1.40. The van der Waals surface area contributed by atoms with Crippen LogP contribution in [0.15, 0.2) is 18.2 Å². The molecule has 1 aromatic rings. The van der Waals surface area contributed by atoms with Gasteiger partial charge in [0.25, 0.3) is 0 Å². The summed E-state index contributed by atoms with van der Waals surface area (Å²) in [5.74, 6) is 0.155. The first kappa shape index (κ1) is 12.2. The number of ether oxygens (including phenoxy) is 1. The van der Waals surface area contributed by atoms with Gasteiger partial charge in [-0.15, -0.1) is 0 Å².